The number of nitrogens with two attached hydrogens (primary N) is 1. The number of thioether (sulfide) groups is 1. The fourth-order valence-electron chi connectivity index (χ4n) is 3.11. The zero-order valence-electron chi connectivity index (χ0n) is 11.7. The van der Waals surface area contributed by atoms with Crippen molar-refractivity contribution >= 4 is 23.4 Å². The highest BCUT2D eigenvalue weighted by Crippen LogP contribution is 2.32. The average molecular weight is 295 g/mol. The highest BCUT2D eigenvalue weighted by Gasteiger charge is 2.35. The molecule has 0 spiro atoms. The summed E-state index contributed by atoms with van der Waals surface area (Å²) in [7, 11) is 0. The van der Waals surface area contributed by atoms with Crippen LogP contribution >= 0.6 is 11.8 Å². The van der Waals surface area contributed by atoms with Gasteiger partial charge in [-0.2, -0.15) is 0 Å². The standard InChI is InChI=1S/C13H21N5OS/c1-20-13-15-11(17-14)8-12(16-13)18-6-7-19-10-5-3-2-4-9(10)18/h8-10H,2-7,14H2,1H3,(H,15,16,17). The third-order valence-corrected chi connectivity index (χ3v) is 4.60. The molecule has 1 aromatic heterocycles. The smallest absolute Gasteiger partial charge is 0.191 e. The minimum absolute atomic E-state index is 0.347. The largest absolute Gasteiger partial charge is 0.374 e. The summed E-state index contributed by atoms with van der Waals surface area (Å²) in [6.45, 7) is 1.65. The molecule has 0 bridgehead atoms. The van der Waals surface area contributed by atoms with E-state index in [2.05, 4.69) is 20.3 Å². The molecule has 7 heteroatoms. The van der Waals surface area contributed by atoms with Gasteiger partial charge in [0.1, 0.15) is 11.6 Å². The lowest BCUT2D eigenvalue weighted by Gasteiger charge is -2.44. The van der Waals surface area contributed by atoms with Crippen molar-refractivity contribution in [2.45, 2.75) is 43.0 Å². The van der Waals surface area contributed by atoms with Gasteiger partial charge in [0.2, 0.25) is 0 Å². The topological polar surface area (TPSA) is 76.3 Å². The molecule has 1 saturated heterocycles. The van der Waals surface area contributed by atoms with Gasteiger partial charge in [0.05, 0.1) is 18.8 Å². The van der Waals surface area contributed by atoms with Gasteiger partial charge in [0, 0.05) is 12.6 Å². The molecule has 1 aromatic rings. The molecule has 3 rings (SSSR count). The van der Waals surface area contributed by atoms with E-state index in [1.165, 1.54) is 31.0 Å². The van der Waals surface area contributed by atoms with Gasteiger partial charge in [-0.25, -0.2) is 15.8 Å². The number of hydrogen-bond donors (Lipinski definition) is 2. The number of nitrogens with zero attached hydrogens (tertiary/aromatic N) is 3. The van der Waals surface area contributed by atoms with Crippen molar-refractivity contribution in [3.63, 3.8) is 0 Å². The first-order chi connectivity index (χ1) is 9.81. The summed E-state index contributed by atoms with van der Waals surface area (Å²) in [5, 5.41) is 0.745. The first kappa shape index (κ1) is 13.9. The Hall–Kier alpha value is -1.05. The van der Waals surface area contributed by atoms with E-state index in [4.69, 9.17) is 10.6 Å². The monoisotopic (exact) mass is 295 g/mol. The Labute approximate surface area is 123 Å². The Kier molecular flexibility index (Phi) is 4.28. The van der Waals surface area contributed by atoms with Gasteiger partial charge < -0.3 is 15.1 Å². The second kappa shape index (κ2) is 6.15. The van der Waals surface area contributed by atoms with Crippen molar-refractivity contribution in [2.75, 3.05) is 29.7 Å². The Morgan fingerprint density at radius 1 is 1.40 bits per heavy atom. The van der Waals surface area contributed by atoms with Crippen LogP contribution in [0.15, 0.2) is 11.2 Å². The first-order valence-electron chi connectivity index (χ1n) is 7.10. The summed E-state index contributed by atoms with van der Waals surface area (Å²) in [4.78, 5) is 11.3. The molecule has 2 fully saturated rings. The van der Waals surface area contributed by atoms with Crippen molar-refractivity contribution in [2.24, 2.45) is 5.84 Å². The fraction of sp³-hybridized carbons (Fsp3) is 0.692. The second-order valence-electron chi connectivity index (χ2n) is 5.20. The van der Waals surface area contributed by atoms with Gasteiger partial charge in [-0.15, -0.1) is 0 Å². The number of hydrogen-bond acceptors (Lipinski definition) is 7. The van der Waals surface area contributed by atoms with Gasteiger partial charge in [-0.3, -0.25) is 0 Å². The number of ether oxygens (including phenoxy) is 1. The van der Waals surface area contributed by atoms with Gasteiger partial charge in [0.25, 0.3) is 0 Å². The molecule has 0 aromatic carbocycles. The fourth-order valence-corrected chi connectivity index (χ4v) is 3.48. The molecule has 6 nitrogen and oxygen atoms in total. The second-order valence-corrected chi connectivity index (χ2v) is 5.97. The number of anilines is 2. The van der Waals surface area contributed by atoms with E-state index >= 15 is 0 Å². The van der Waals surface area contributed by atoms with Crippen molar-refractivity contribution in [1.82, 2.24) is 9.97 Å². The van der Waals surface area contributed by atoms with Crippen molar-refractivity contribution in [1.29, 1.82) is 0 Å². The quantitative estimate of drug-likeness (QED) is 0.380. The minimum Gasteiger partial charge on any atom is -0.374 e. The Morgan fingerprint density at radius 2 is 2.25 bits per heavy atom. The van der Waals surface area contributed by atoms with Crippen LogP contribution in [0.5, 0.6) is 0 Å². The number of fused-ring (bicyclic) bond motifs is 1. The Bertz CT molecular complexity index is 448. The van der Waals surface area contributed by atoms with Crippen molar-refractivity contribution in [3.05, 3.63) is 6.07 Å². The highest BCUT2D eigenvalue weighted by atomic mass is 32.2. The van der Waals surface area contributed by atoms with Gasteiger partial charge in [-0.1, -0.05) is 24.6 Å². The maximum Gasteiger partial charge on any atom is 0.191 e. The predicted molar refractivity (Wildman–Crippen MR) is 81.0 cm³/mol. The minimum atomic E-state index is 0.347. The van der Waals surface area contributed by atoms with Crippen molar-refractivity contribution < 1.29 is 4.74 Å². The maximum atomic E-state index is 5.92. The molecule has 2 unspecified atom stereocenters. The normalized spacial score (nSPS) is 26.2. The molecule has 1 aliphatic carbocycles. The number of rotatable bonds is 3. The summed E-state index contributed by atoms with van der Waals surface area (Å²) in [6.07, 6.45) is 7.19. The third kappa shape index (κ3) is 2.70. The summed E-state index contributed by atoms with van der Waals surface area (Å²) in [6, 6.07) is 2.37. The summed E-state index contributed by atoms with van der Waals surface area (Å²) >= 11 is 1.53. The Morgan fingerprint density at radius 3 is 3.05 bits per heavy atom. The number of hydrazine groups is 1. The first-order valence-corrected chi connectivity index (χ1v) is 8.32. The van der Waals surface area contributed by atoms with Crippen LogP contribution in [0.1, 0.15) is 25.7 Å². The van der Waals surface area contributed by atoms with Crippen LogP contribution in [0.2, 0.25) is 0 Å². The summed E-state index contributed by atoms with van der Waals surface area (Å²) in [5.41, 5.74) is 2.63. The van der Waals surface area contributed by atoms with Crippen LogP contribution in [0.3, 0.4) is 0 Å². The molecule has 1 saturated carbocycles. The molecule has 2 atom stereocenters. The van der Waals surface area contributed by atoms with Gasteiger partial charge >= 0.3 is 0 Å². The van der Waals surface area contributed by atoms with E-state index < -0.39 is 0 Å². The van der Waals surface area contributed by atoms with E-state index in [9.17, 15) is 0 Å². The maximum absolute atomic E-state index is 5.92. The molecule has 2 heterocycles. The molecule has 110 valence electrons. The lowest BCUT2D eigenvalue weighted by Crippen LogP contribution is -2.53. The SMILES string of the molecule is CSc1nc(NN)cc(N2CCOC3CCCCC32)n1. The van der Waals surface area contributed by atoms with E-state index in [1.54, 1.807) is 0 Å². The van der Waals surface area contributed by atoms with Crippen LogP contribution < -0.4 is 16.2 Å². The van der Waals surface area contributed by atoms with E-state index in [-0.39, 0.29) is 0 Å². The predicted octanol–water partition coefficient (Wildman–Crippen LogP) is 1.63. The van der Waals surface area contributed by atoms with E-state index in [1.807, 2.05) is 12.3 Å². The van der Waals surface area contributed by atoms with Gasteiger partial charge in [-0.05, 0) is 19.1 Å². The lowest BCUT2D eigenvalue weighted by atomic mass is 9.90. The zero-order chi connectivity index (χ0) is 13.9. The molecular formula is C13H21N5OS. The van der Waals surface area contributed by atoms with Crippen LogP contribution in [0.4, 0.5) is 11.6 Å². The molecule has 20 heavy (non-hydrogen) atoms. The van der Waals surface area contributed by atoms with Crippen LogP contribution in [0.25, 0.3) is 0 Å². The number of nitrogen functional groups attached to an aromatic ring is 1. The molecule has 0 amide bonds. The highest BCUT2D eigenvalue weighted by molar-refractivity contribution is 7.98. The number of aromatic nitrogens is 2. The van der Waals surface area contributed by atoms with E-state index in [0.29, 0.717) is 18.0 Å². The van der Waals surface area contributed by atoms with Gasteiger partial charge in [0.15, 0.2) is 5.16 Å². The van der Waals surface area contributed by atoms with Crippen LogP contribution in [0, 0.1) is 0 Å². The number of nitrogens with one attached hydrogen (secondary N) is 1. The molecule has 3 N–H and O–H groups in total. The molecule has 2 aliphatic rings. The molecule has 1 aliphatic heterocycles. The van der Waals surface area contributed by atoms with Crippen LogP contribution in [-0.2, 0) is 4.74 Å². The van der Waals surface area contributed by atoms with Crippen molar-refractivity contribution in [3.8, 4) is 0 Å². The molecule has 0 radical (unpaired) electrons. The Balaban J connectivity index is 1.90. The lowest BCUT2D eigenvalue weighted by molar-refractivity contribution is -0.00903. The van der Waals surface area contributed by atoms with E-state index in [0.717, 1.165) is 30.5 Å². The summed E-state index contributed by atoms with van der Waals surface area (Å²) < 4.78 is 5.92. The third-order valence-electron chi connectivity index (χ3n) is 4.05. The number of morpholine rings is 1. The molecular weight excluding hydrogens is 274 g/mol. The average Bonchev–Trinajstić information content (AvgIpc) is 2.53. The summed E-state index contributed by atoms with van der Waals surface area (Å²) in [5.74, 6) is 7.13. The van der Waals surface area contributed by atoms with Crippen LogP contribution in [-0.4, -0.2) is 41.5 Å². The zero-order valence-corrected chi connectivity index (χ0v) is 12.5.